The Morgan fingerprint density at radius 1 is 1.56 bits per heavy atom. The molecule has 1 fully saturated rings. The van der Waals surface area contributed by atoms with Gasteiger partial charge in [-0.25, -0.2) is 4.79 Å². The maximum atomic E-state index is 11.5. The Kier molecular flexibility index (Phi) is 3.44. The van der Waals surface area contributed by atoms with Crippen LogP contribution in [-0.4, -0.2) is 46.4 Å². The molecular weight excluding hydrogens is 212 g/mol. The average Bonchev–Trinajstić information content (AvgIpc) is 2.13. The topological polar surface area (TPSA) is 86.7 Å². The lowest BCUT2D eigenvalue weighted by Crippen LogP contribution is -2.63. The third kappa shape index (κ3) is 2.66. The van der Waals surface area contributed by atoms with Crippen molar-refractivity contribution in [2.45, 2.75) is 19.4 Å². The van der Waals surface area contributed by atoms with Gasteiger partial charge in [-0.15, -0.1) is 0 Å². The van der Waals surface area contributed by atoms with Gasteiger partial charge in [-0.05, 0) is 13.8 Å². The van der Waals surface area contributed by atoms with Gasteiger partial charge >= 0.3 is 5.97 Å². The molecule has 0 radical (unpaired) electrons. The zero-order valence-corrected chi connectivity index (χ0v) is 9.19. The lowest BCUT2D eigenvalue weighted by Gasteiger charge is -2.39. The van der Waals surface area contributed by atoms with E-state index in [1.165, 1.54) is 6.08 Å². The highest BCUT2D eigenvalue weighted by molar-refractivity contribution is 6.02. The second-order valence-electron chi connectivity index (χ2n) is 4.06. The number of carbonyl (C=O) groups is 3. The second kappa shape index (κ2) is 4.44. The molecule has 0 aromatic heterocycles. The molecule has 0 aromatic carbocycles. The highest BCUT2D eigenvalue weighted by Crippen LogP contribution is 2.17. The maximum Gasteiger partial charge on any atom is 0.328 e. The monoisotopic (exact) mass is 226 g/mol. The SMILES string of the molecule is CC1(C)C(=O)NC(=O)CN1C/C=C/C(=O)O. The minimum atomic E-state index is -1.05. The quantitative estimate of drug-likeness (QED) is 0.494. The highest BCUT2D eigenvalue weighted by atomic mass is 16.4. The molecule has 1 saturated heterocycles. The first-order valence-corrected chi connectivity index (χ1v) is 4.83. The Hall–Kier alpha value is -1.69. The van der Waals surface area contributed by atoms with Crippen molar-refractivity contribution in [3.05, 3.63) is 12.2 Å². The second-order valence-corrected chi connectivity index (χ2v) is 4.06. The van der Waals surface area contributed by atoms with Crippen molar-refractivity contribution in [2.24, 2.45) is 0 Å². The molecule has 0 saturated carbocycles. The summed E-state index contributed by atoms with van der Waals surface area (Å²) in [5.41, 5.74) is -0.809. The largest absolute Gasteiger partial charge is 0.478 e. The fourth-order valence-electron chi connectivity index (χ4n) is 1.41. The number of carboxylic acid groups (broad SMARTS) is 1. The summed E-state index contributed by atoms with van der Waals surface area (Å²) in [7, 11) is 0. The summed E-state index contributed by atoms with van der Waals surface area (Å²) < 4.78 is 0. The standard InChI is InChI=1S/C10H14N2O4/c1-10(2)9(16)11-7(13)6-12(10)5-3-4-8(14)15/h3-4H,5-6H2,1-2H3,(H,14,15)(H,11,13,16)/b4-3+. The highest BCUT2D eigenvalue weighted by Gasteiger charge is 2.39. The average molecular weight is 226 g/mol. The first kappa shape index (κ1) is 12.4. The fraction of sp³-hybridized carbons (Fsp3) is 0.500. The van der Waals surface area contributed by atoms with Gasteiger partial charge in [0, 0.05) is 12.6 Å². The lowest BCUT2D eigenvalue weighted by molar-refractivity contribution is -0.144. The summed E-state index contributed by atoms with van der Waals surface area (Å²) in [6.07, 6.45) is 2.41. The van der Waals surface area contributed by atoms with Crippen LogP contribution in [0.15, 0.2) is 12.2 Å². The van der Waals surface area contributed by atoms with Crippen LogP contribution in [0.4, 0.5) is 0 Å². The lowest BCUT2D eigenvalue weighted by atomic mass is 9.99. The van der Waals surface area contributed by atoms with Gasteiger partial charge in [0.15, 0.2) is 0 Å². The normalized spacial score (nSPS) is 21.1. The number of amides is 2. The molecule has 1 heterocycles. The van der Waals surface area contributed by atoms with E-state index in [1.54, 1.807) is 18.7 Å². The summed E-state index contributed by atoms with van der Waals surface area (Å²) in [6.45, 7) is 3.70. The molecule has 1 aliphatic heterocycles. The molecule has 0 atom stereocenters. The molecule has 0 spiro atoms. The van der Waals surface area contributed by atoms with Crippen molar-refractivity contribution in [1.29, 1.82) is 0 Å². The van der Waals surface area contributed by atoms with E-state index in [0.717, 1.165) is 6.08 Å². The van der Waals surface area contributed by atoms with Crippen LogP contribution < -0.4 is 5.32 Å². The summed E-state index contributed by atoms with van der Waals surface area (Å²) in [5, 5.41) is 10.7. The van der Waals surface area contributed by atoms with E-state index in [2.05, 4.69) is 5.32 Å². The third-order valence-electron chi connectivity index (χ3n) is 2.52. The van der Waals surface area contributed by atoms with E-state index >= 15 is 0 Å². The first-order chi connectivity index (χ1) is 7.34. The zero-order chi connectivity index (χ0) is 12.3. The van der Waals surface area contributed by atoms with Crippen molar-refractivity contribution < 1.29 is 19.5 Å². The van der Waals surface area contributed by atoms with Crippen molar-refractivity contribution in [1.82, 2.24) is 10.2 Å². The number of aliphatic carboxylic acids is 1. The van der Waals surface area contributed by atoms with Gasteiger partial charge in [0.1, 0.15) is 0 Å². The van der Waals surface area contributed by atoms with Gasteiger partial charge < -0.3 is 5.11 Å². The molecule has 1 aliphatic rings. The Morgan fingerprint density at radius 2 is 2.19 bits per heavy atom. The van der Waals surface area contributed by atoms with Crippen molar-refractivity contribution in [3.63, 3.8) is 0 Å². The number of rotatable bonds is 3. The molecule has 0 bridgehead atoms. The van der Waals surface area contributed by atoms with Gasteiger partial charge in [0.2, 0.25) is 11.8 Å². The van der Waals surface area contributed by atoms with Gasteiger partial charge in [-0.3, -0.25) is 19.8 Å². The van der Waals surface area contributed by atoms with Crippen LogP contribution in [0.2, 0.25) is 0 Å². The molecular formula is C10H14N2O4. The van der Waals surface area contributed by atoms with Gasteiger partial charge in [-0.2, -0.15) is 0 Å². The van der Waals surface area contributed by atoms with Crippen LogP contribution in [0.5, 0.6) is 0 Å². The fourth-order valence-corrected chi connectivity index (χ4v) is 1.41. The van der Waals surface area contributed by atoms with Crippen LogP contribution in [0.3, 0.4) is 0 Å². The predicted octanol–water partition coefficient (Wildman–Crippen LogP) is -0.636. The molecule has 0 aliphatic carbocycles. The van der Waals surface area contributed by atoms with E-state index in [1.807, 2.05) is 0 Å². The Balaban J connectivity index is 2.73. The number of piperazine rings is 1. The maximum absolute atomic E-state index is 11.5. The molecule has 2 N–H and O–H groups in total. The van der Waals surface area contributed by atoms with Crippen LogP contribution in [0.25, 0.3) is 0 Å². The summed E-state index contributed by atoms with van der Waals surface area (Å²) in [6, 6.07) is 0. The van der Waals surface area contributed by atoms with E-state index in [9.17, 15) is 14.4 Å². The summed E-state index contributed by atoms with van der Waals surface area (Å²) >= 11 is 0. The van der Waals surface area contributed by atoms with Crippen molar-refractivity contribution >= 4 is 17.8 Å². The van der Waals surface area contributed by atoms with Crippen LogP contribution >= 0.6 is 0 Å². The molecule has 1 rings (SSSR count). The molecule has 16 heavy (non-hydrogen) atoms. The molecule has 0 unspecified atom stereocenters. The Bertz CT molecular complexity index is 360. The van der Waals surface area contributed by atoms with Crippen LogP contribution in [0.1, 0.15) is 13.8 Å². The zero-order valence-electron chi connectivity index (χ0n) is 9.19. The Morgan fingerprint density at radius 3 is 2.75 bits per heavy atom. The number of carboxylic acids is 1. The third-order valence-corrected chi connectivity index (χ3v) is 2.52. The van der Waals surface area contributed by atoms with E-state index in [-0.39, 0.29) is 24.9 Å². The number of hydrogen-bond donors (Lipinski definition) is 2. The van der Waals surface area contributed by atoms with Crippen LogP contribution in [-0.2, 0) is 14.4 Å². The van der Waals surface area contributed by atoms with Gasteiger partial charge in [0.25, 0.3) is 0 Å². The first-order valence-electron chi connectivity index (χ1n) is 4.83. The number of nitrogens with one attached hydrogen (secondary N) is 1. The molecule has 6 nitrogen and oxygen atoms in total. The van der Waals surface area contributed by atoms with Crippen molar-refractivity contribution in [3.8, 4) is 0 Å². The van der Waals surface area contributed by atoms with Gasteiger partial charge in [0.05, 0.1) is 12.1 Å². The minimum Gasteiger partial charge on any atom is -0.478 e. The van der Waals surface area contributed by atoms with Crippen molar-refractivity contribution in [2.75, 3.05) is 13.1 Å². The molecule has 2 amide bonds. The number of nitrogens with zero attached hydrogens (tertiary/aromatic N) is 1. The van der Waals surface area contributed by atoms with Crippen LogP contribution in [0, 0.1) is 0 Å². The smallest absolute Gasteiger partial charge is 0.328 e. The molecule has 0 aromatic rings. The minimum absolute atomic E-state index is 0.0860. The predicted molar refractivity (Wildman–Crippen MR) is 55.6 cm³/mol. The Labute approximate surface area is 92.9 Å². The number of hydrogen-bond acceptors (Lipinski definition) is 4. The molecule has 88 valence electrons. The van der Waals surface area contributed by atoms with E-state index in [0.29, 0.717) is 0 Å². The number of imide groups is 1. The van der Waals surface area contributed by atoms with E-state index in [4.69, 9.17) is 5.11 Å². The molecule has 6 heteroatoms. The van der Waals surface area contributed by atoms with E-state index < -0.39 is 11.5 Å². The summed E-state index contributed by atoms with van der Waals surface area (Å²) in [4.78, 5) is 34.6. The van der Waals surface area contributed by atoms with Gasteiger partial charge in [-0.1, -0.05) is 6.08 Å². The number of carbonyl (C=O) groups excluding carboxylic acids is 2. The summed E-state index contributed by atoms with van der Waals surface area (Å²) in [5.74, 6) is -1.79.